The van der Waals surface area contributed by atoms with Gasteiger partial charge in [0.1, 0.15) is 24.1 Å². The molecular weight excluding hydrogens is 520 g/mol. The van der Waals surface area contributed by atoms with Gasteiger partial charge in [-0.2, -0.15) is 0 Å². The second kappa shape index (κ2) is 7.75. The number of hydrogen-bond donors (Lipinski definition) is 4. The van der Waals surface area contributed by atoms with Crippen LogP contribution in [0.4, 0.5) is 0 Å². The molecule has 0 spiro atoms. The third-order valence-electron chi connectivity index (χ3n) is 13.3. The number of ether oxygens (including phenoxy) is 3. The number of carbonyl (C=O) groups excluding carboxylic acids is 3. The normalized spacial score (nSPS) is 61.1. The highest BCUT2D eigenvalue weighted by Crippen LogP contribution is 2.75. The summed E-state index contributed by atoms with van der Waals surface area (Å²) in [6.45, 7) is 10.3. The Morgan fingerprint density at radius 1 is 1.02 bits per heavy atom. The number of Topliss-reactive ketones (excluding diaryl/α,β-unsaturated/α-hetero) is 1. The van der Waals surface area contributed by atoms with Crippen LogP contribution < -0.4 is 0 Å². The first kappa shape index (κ1) is 27.0. The first-order chi connectivity index (χ1) is 18.5. The second-order valence-corrected chi connectivity index (χ2v) is 14.6. The molecule has 10 nitrogen and oxygen atoms in total. The zero-order chi connectivity index (χ0) is 29.1. The predicted octanol–water partition coefficient (Wildman–Crippen LogP) is 0.729. The van der Waals surface area contributed by atoms with Gasteiger partial charge in [-0.15, -0.1) is 0 Å². The quantitative estimate of drug-likeness (QED) is 0.266. The SMILES string of the molecule is CC(=O)O[C@H]1CC2[C@H]([C@@H]3[C@@H](O)[C@@H]4[C@H]([C@H](C)C=C5OC(=O)[C@@](C)(O)[C@@]54C)[C@]31C)[C@@H](O)C(=O)[C@H]1C[C@@H]3O[C@@H]3[C@H](O)[C@]21C. The molecule has 0 amide bonds. The molecular formula is C30H40O10. The monoisotopic (exact) mass is 560 g/mol. The molecule has 2 saturated heterocycles. The summed E-state index contributed by atoms with van der Waals surface area (Å²) in [6, 6.07) is 0. The first-order valence-corrected chi connectivity index (χ1v) is 14.6. The van der Waals surface area contributed by atoms with Gasteiger partial charge in [-0.1, -0.05) is 20.8 Å². The van der Waals surface area contributed by atoms with Crippen molar-refractivity contribution in [2.75, 3.05) is 0 Å². The Balaban J connectivity index is 1.42. The third kappa shape index (κ3) is 2.76. The molecule has 10 heteroatoms. The van der Waals surface area contributed by atoms with Crippen molar-refractivity contribution in [1.29, 1.82) is 0 Å². The molecule has 5 aliphatic carbocycles. The lowest BCUT2D eigenvalue weighted by Crippen LogP contribution is -2.69. The van der Waals surface area contributed by atoms with Gasteiger partial charge in [0.25, 0.3) is 0 Å². The summed E-state index contributed by atoms with van der Waals surface area (Å²) in [5.41, 5.74) is -5.10. The van der Waals surface area contributed by atoms with Gasteiger partial charge in [0.15, 0.2) is 11.4 Å². The molecule has 7 rings (SSSR count). The predicted molar refractivity (Wildman–Crippen MR) is 136 cm³/mol. The lowest BCUT2D eigenvalue weighted by molar-refractivity contribution is -0.229. The summed E-state index contributed by atoms with van der Waals surface area (Å²) in [5.74, 6) is -5.19. The Hall–Kier alpha value is -1.85. The number of allylic oxidation sites excluding steroid dienone is 1. The summed E-state index contributed by atoms with van der Waals surface area (Å²) in [6.07, 6.45) is -2.28. The van der Waals surface area contributed by atoms with E-state index in [2.05, 4.69) is 0 Å². The van der Waals surface area contributed by atoms with E-state index in [1.807, 2.05) is 26.8 Å². The fourth-order valence-corrected chi connectivity index (χ4v) is 11.2. The van der Waals surface area contributed by atoms with Gasteiger partial charge in [0, 0.05) is 41.4 Å². The highest BCUT2D eigenvalue weighted by atomic mass is 16.6. The standard InChI is InChI=1S/C30H40O10/c1-10-7-16-29(5,30(6,37)26(36)40-16)20-18(10)28(4)15(38-11(2)31)9-12-17(19(28)23(20)34)22(33)21(32)13-8-14-24(39-14)25(35)27(12,13)3/h7,10,12-15,17-20,22-25,33-35,37H,8-9H2,1-6H3/t10-,12?,13-,14+,15+,17-,18+,19-,20+,22-,23-,24+,25+,27-,28-,29+,30-/m1/s1. The summed E-state index contributed by atoms with van der Waals surface area (Å²) >= 11 is 0. The van der Waals surface area contributed by atoms with Crippen LogP contribution in [0.25, 0.3) is 0 Å². The maximum absolute atomic E-state index is 13.9. The Bertz CT molecular complexity index is 1240. The van der Waals surface area contributed by atoms with Crippen molar-refractivity contribution in [2.24, 2.45) is 57.7 Å². The van der Waals surface area contributed by atoms with E-state index in [1.54, 1.807) is 6.92 Å². The molecule has 0 bridgehead atoms. The Kier molecular flexibility index (Phi) is 5.23. The van der Waals surface area contributed by atoms with Crippen molar-refractivity contribution < 1.29 is 49.0 Å². The number of epoxide rings is 1. The van der Waals surface area contributed by atoms with Gasteiger partial charge in [0.2, 0.25) is 0 Å². The van der Waals surface area contributed by atoms with Crippen molar-refractivity contribution >= 4 is 17.7 Å². The van der Waals surface area contributed by atoms with Crippen LogP contribution in [0.3, 0.4) is 0 Å². The fourth-order valence-electron chi connectivity index (χ4n) is 11.2. The molecule has 4 saturated carbocycles. The molecule has 40 heavy (non-hydrogen) atoms. The fraction of sp³-hybridized carbons (Fsp3) is 0.833. The number of hydrogen-bond acceptors (Lipinski definition) is 10. The lowest BCUT2D eigenvalue weighted by atomic mass is 9.42. The van der Waals surface area contributed by atoms with Crippen LogP contribution in [-0.2, 0) is 28.6 Å². The maximum Gasteiger partial charge on any atom is 0.343 e. The Labute approximate surface area is 233 Å². The molecule has 1 unspecified atom stereocenters. The third-order valence-corrected chi connectivity index (χ3v) is 13.3. The van der Waals surface area contributed by atoms with Crippen LogP contribution in [0.15, 0.2) is 11.8 Å². The summed E-state index contributed by atoms with van der Waals surface area (Å²) in [5, 5.41) is 47.2. The van der Waals surface area contributed by atoms with E-state index in [0.29, 0.717) is 18.6 Å². The smallest absolute Gasteiger partial charge is 0.343 e. The largest absolute Gasteiger partial charge is 0.462 e. The zero-order valence-corrected chi connectivity index (χ0v) is 23.7. The molecule has 7 aliphatic rings. The Morgan fingerprint density at radius 2 is 1.70 bits per heavy atom. The molecule has 220 valence electrons. The molecule has 0 aromatic carbocycles. The average Bonchev–Trinajstić information content (AvgIpc) is 3.57. The molecule has 0 aromatic heterocycles. The van der Waals surface area contributed by atoms with Crippen molar-refractivity contribution in [3.63, 3.8) is 0 Å². The van der Waals surface area contributed by atoms with Crippen molar-refractivity contribution in [2.45, 2.75) is 96.6 Å². The van der Waals surface area contributed by atoms with Gasteiger partial charge in [0.05, 0.1) is 23.7 Å². The Morgan fingerprint density at radius 3 is 2.35 bits per heavy atom. The molecule has 0 radical (unpaired) electrons. The highest BCUT2D eigenvalue weighted by Gasteiger charge is 2.80. The molecule has 0 aromatic rings. The minimum atomic E-state index is -1.93. The number of fused-ring (bicyclic) bond motifs is 10. The van der Waals surface area contributed by atoms with E-state index in [0.717, 1.165) is 0 Å². The summed E-state index contributed by atoms with van der Waals surface area (Å²) < 4.78 is 17.4. The highest BCUT2D eigenvalue weighted by molar-refractivity contribution is 5.88. The summed E-state index contributed by atoms with van der Waals surface area (Å²) in [4.78, 5) is 39.3. The van der Waals surface area contributed by atoms with Crippen LogP contribution in [0.5, 0.6) is 0 Å². The van der Waals surface area contributed by atoms with E-state index in [9.17, 15) is 34.8 Å². The second-order valence-electron chi connectivity index (χ2n) is 14.6. The number of carbonyl (C=O) groups is 3. The molecule has 17 atom stereocenters. The number of esters is 2. The number of aliphatic hydroxyl groups excluding tert-OH is 3. The van der Waals surface area contributed by atoms with Crippen molar-refractivity contribution in [3.8, 4) is 0 Å². The first-order valence-electron chi connectivity index (χ1n) is 14.6. The number of rotatable bonds is 1. The van der Waals surface area contributed by atoms with Crippen LogP contribution in [-0.4, -0.2) is 80.4 Å². The van der Waals surface area contributed by atoms with Gasteiger partial charge < -0.3 is 34.6 Å². The van der Waals surface area contributed by atoms with Crippen LogP contribution in [0.2, 0.25) is 0 Å². The van der Waals surface area contributed by atoms with Crippen LogP contribution in [0.1, 0.15) is 54.4 Å². The van der Waals surface area contributed by atoms with E-state index in [1.165, 1.54) is 13.8 Å². The number of ketones is 1. The van der Waals surface area contributed by atoms with E-state index >= 15 is 0 Å². The van der Waals surface area contributed by atoms with Gasteiger partial charge in [-0.3, -0.25) is 9.59 Å². The molecule has 2 heterocycles. The summed E-state index contributed by atoms with van der Waals surface area (Å²) in [7, 11) is 0. The average molecular weight is 561 g/mol. The van der Waals surface area contributed by atoms with Crippen LogP contribution in [0, 0.1) is 57.7 Å². The molecule has 2 aliphatic heterocycles. The van der Waals surface area contributed by atoms with E-state index < -0.39 is 87.8 Å². The van der Waals surface area contributed by atoms with E-state index in [4.69, 9.17) is 14.2 Å². The topological polar surface area (TPSA) is 163 Å². The minimum absolute atomic E-state index is 0.216. The van der Waals surface area contributed by atoms with Crippen molar-refractivity contribution in [1.82, 2.24) is 0 Å². The van der Waals surface area contributed by atoms with Crippen LogP contribution >= 0.6 is 0 Å². The van der Waals surface area contributed by atoms with Crippen molar-refractivity contribution in [3.05, 3.63) is 11.8 Å². The van der Waals surface area contributed by atoms with Gasteiger partial charge in [-0.05, 0) is 50.5 Å². The number of aliphatic hydroxyl groups is 4. The minimum Gasteiger partial charge on any atom is -0.462 e. The lowest BCUT2D eigenvalue weighted by Gasteiger charge is -2.63. The maximum atomic E-state index is 13.9. The van der Waals surface area contributed by atoms with Gasteiger partial charge in [-0.25, -0.2) is 4.79 Å². The molecule has 6 fully saturated rings. The zero-order valence-electron chi connectivity index (χ0n) is 23.7. The van der Waals surface area contributed by atoms with E-state index in [-0.39, 0.29) is 29.8 Å². The van der Waals surface area contributed by atoms with Gasteiger partial charge >= 0.3 is 11.9 Å². The molecule has 4 N–H and O–H groups in total.